The van der Waals surface area contributed by atoms with Crippen molar-refractivity contribution >= 4 is 27.8 Å². The van der Waals surface area contributed by atoms with Crippen molar-refractivity contribution in [2.75, 3.05) is 13.2 Å². The Morgan fingerprint density at radius 2 is 1.88 bits per heavy atom. The molecular weight excluding hydrogens is 430 g/mol. The molecule has 2 aromatic carbocycles. The fraction of sp³-hybridized carbons (Fsp3) is 0.148. The van der Waals surface area contributed by atoms with Gasteiger partial charge in [0, 0.05) is 35.2 Å². The number of H-pyrrole nitrogens is 1. The number of benzene rings is 2. The molecule has 0 fully saturated rings. The Kier molecular flexibility index (Phi) is 5.82. The van der Waals surface area contributed by atoms with E-state index in [1.165, 1.54) is 0 Å². The molecule has 0 saturated heterocycles. The van der Waals surface area contributed by atoms with Gasteiger partial charge in [0.15, 0.2) is 0 Å². The van der Waals surface area contributed by atoms with E-state index in [-0.39, 0.29) is 5.69 Å². The first-order chi connectivity index (χ1) is 16.6. The smallest absolute Gasteiger partial charge is 0.352 e. The molecule has 5 rings (SSSR count). The molecule has 0 saturated carbocycles. The van der Waals surface area contributed by atoms with Gasteiger partial charge in [0.1, 0.15) is 17.2 Å². The highest BCUT2D eigenvalue weighted by Gasteiger charge is 2.16. The third-order valence-corrected chi connectivity index (χ3v) is 5.63. The summed E-state index contributed by atoms with van der Waals surface area (Å²) in [6, 6.07) is 18.9. The van der Waals surface area contributed by atoms with Gasteiger partial charge >= 0.3 is 5.97 Å². The summed E-state index contributed by atoms with van der Waals surface area (Å²) < 4.78 is 11.7. The Labute approximate surface area is 196 Å². The molecule has 0 amide bonds. The fourth-order valence-electron chi connectivity index (χ4n) is 4.08. The van der Waals surface area contributed by atoms with Crippen molar-refractivity contribution in [1.82, 2.24) is 15.0 Å². The number of carbonyl (C=O) groups is 1. The van der Waals surface area contributed by atoms with Crippen LogP contribution in [0.1, 0.15) is 23.0 Å². The van der Waals surface area contributed by atoms with E-state index in [2.05, 4.69) is 9.97 Å². The minimum absolute atomic E-state index is 0.118. The standard InChI is InChI=1S/C27H23N3O4/c1-2-33-19-7-3-6-17(14-19)25-21-15-23(27(31)32)30-26(21)18(16-29-25)11-13-34-24-10-4-9-22-20(24)8-5-12-28-22/h3-10,12,14-16,30H,2,11,13H2,1H3,(H,31,32). The van der Waals surface area contributed by atoms with Gasteiger partial charge in [0.2, 0.25) is 0 Å². The molecule has 0 aliphatic heterocycles. The summed E-state index contributed by atoms with van der Waals surface area (Å²) in [6.45, 7) is 2.90. The fourth-order valence-corrected chi connectivity index (χ4v) is 4.08. The number of rotatable bonds is 8. The van der Waals surface area contributed by atoms with Crippen LogP contribution in [0.5, 0.6) is 11.5 Å². The van der Waals surface area contributed by atoms with E-state index in [0.29, 0.717) is 25.3 Å². The van der Waals surface area contributed by atoms with Crippen molar-refractivity contribution in [3.8, 4) is 22.8 Å². The summed E-state index contributed by atoms with van der Waals surface area (Å²) in [5, 5.41) is 11.3. The molecule has 0 unspecified atom stereocenters. The highest BCUT2D eigenvalue weighted by atomic mass is 16.5. The zero-order chi connectivity index (χ0) is 23.5. The summed E-state index contributed by atoms with van der Waals surface area (Å²) in [5.74, 6) is 0.485. The van der Waals surface area contributed by atoms with Gasteiger partial charge in [-0.25, -0.2) is 4.79 Å². The number of aromatic carboxylic acids is 1. The summed E-state index contributed by atoms with van der Waals surface area (Å²) in [7, 11) is 0. The van der Waals surface area contributed by atoms with Crippen molar-refractivity contribution in [2.45, 2.75) is 13.3 Å². The highest BCUT2D eigenvalue weighted by molar-refractivity contribution is 6.00. The molecular formula is C27H23N3O4. The number of aromatic amines is 1. The van der Waals surface area contributed by atoms with Crippen molar-refractivity contribution in [3.05, 3.63) is 84.3 Å². The van der Waals surface area contributed by atoms with Crippen LogP contribution in [0.2, 0.25) is 0 Å². The largest absolute Gasteiger partial charge is 0.494 e. The number of carboxylic acid groups (broad SMARTS) is 1. The number of carboxylic acids is 1. The number of hydrogen-bond donors (Lipinski definition) is 2. The number of nitrogens with one attached hydrogen (secondary N) is 1. The lowest BCUT2D eigenvalue weighted by atomic mass is 10.0. The van der Waals surface area contributed by atoms with Crippen LogP contribution in [0.25, 0.3) is 33.1 Å². The molecule has 2 N–H and O–H groups in total. The average Bonchev–Trinajstić information content (AvgIpc) is 3.31. The van der Waals surface area contributed by atoms with Gasteiger partial charge < -0.3 is 19.6 Å². The Hall–Kier alpha value is -4.39. The maximum atomic E-state index is 11.7. The predicted octanol–water partition coefficient (Wildman–Crippen LogP) is 5.50. The van der Waals surface area contributed by atoms with Gasteiger partial charge in [-0.3, -0.25) is 9.97 Å². The normalized spacial score (nSPS) is 11.1. The van der Waals surface area contributed by atoms with Crippen LogP contribution in [0.4, 0.5) is 0 Å². The van der Waals surface area contributed by atoms with E-state index in [0.717, 1.165) is 44.4 Å². The van der Waals surface area contributed by atoms with Crippen molar-refractivity contribution < 1.29 is 19.4 Å². The number of aromatic nitrogens is 3. The average molecular weight is 453 g/mol. The van der Waals surface area contributed by atoms with Crippen LogP contribution in [0, 0.1) is 0 Å². The number of nitrogens with zero attached hydrogens (tertiary/aromatic N) is 2. The maximum absolute atomic E-state index is 11.7. The van der Waals surface area contributed by atoms with Crippen molar-refractivity contribution in [2.24, 2.45) is 0 Å². The van der Waals surface area contributed by atoms with Gasteiger partial charge in [-0.15, -0.1) is 0 Å². The molecule has 34 heavy (non-hydrogen) atoms. The SMILES string of the molecule is CCOc1cccc(-c2ncc(CCOc3cccc4ncccc34)c3[nH]c(C(=O)O)cc23)c1. The van der Waals surface area contributed by atoms with Gasteiger partial charge in [-0.2, -0.15) is 0 Å². The van der Waals surface area contributed by atoms with E-state index in [1.807, 2.05) is 61.5 Å². The first-order valence-electron chi connectivity index (χ1n) is 11.1. The Morgan fingerprint density at radius 1 is 1.00 bits per heavy atom. The lowest BCUT2D eigenvalue weighted by Gasteiger charge is -2.11. The van der Waals surface area contributed by atoms with Gasteiger partial charge in [-0.05, 0) is 55.0 Å². The topological polar surface area (TPSA) is 97.3 Å². The minimum Gasteiger partial charge on any atom is -0.494 e. The summed E-state index contributed by atoms with van der Waals surface area (Å²) >= 11 is 0. The minimum atomic E-state index is -1.02. The molecule has 0 atom stereocenters. The first-order valence-corrected chi connectivity index (χ1v) is 11.1. The molecule has 7 heteroatoms. The summed E-state index contributed by atoms with van der Waals surface area (Å²) in [6.07, 6.45) is 4.09. The van der Waals surface area contributed by atoms with E-state index in [9.17, 15) is 9.90 Å². The number of pyridine rings is 2. The molecule has 0 aliphatic rings. The van der Waals surface area contributed by atoms with Crippen LogP contribution in [0.15, 0.2) is 73.1 Å². The molecule has 0 radical (unpaired) electrons. The monoisotopic (exact) mass is 453 g/mol. The van der Waals surface area contributed by atoms with Crippen LogP contribution in [0.3, 0.4) is 0 Å². The van der Waals surface area contributed by atoms with Gasteiger partial charge in [0.05, 0.1) is 29.9 Å². The van der Waals surface area contributed by atoms with E-state index in [4.69, 9.17) is 14.5 Å². The Bertz CT molecular complexity index is 1490. The zero-order valence-corrected chi connectivity index (χ0v) is 18.6. The van der Waals surface area contributed by atoms with Crippen LogP contribution >= 0.6 is 0 Å². The van der Waals surface area contributed by atoms with Crippen molar-refractivity contribution in [1.29, 1.82) is 0 Å². The van der Waals surface area contributed by atoms with Gasteiger partial charge in [0.25, 0.3) is 0 Å². The van der Waals surface area contributed by atoms with E-state index < -0.39 is 5.97 Å². The second-order valence-corrected chi connectivity index (χ2v) is 7.79. The molecule has 3 aromatic heterocycles. The third kappa shape index (κ3) is 4.15. The Morgan fingerprint density at radius 3 is 2.74 bits per heavy atom. The van der Waals surface area contributed by atoms with Crippen molar-refractivity contribution in [3.63, 3.8) is 0 Å². The second-order valence-electron chi connectivity index (χ2n) is 7.79. The number of ether oxygens (including phenoxy) is 2. The molecule has 7 nitrogen and oxygen atoms in total. The number of hydrogen-bond acceptors (Lipinski definition) is 5. The zero-order valence-electron chi connectivity index (χ0n) is 18.6. The first kappa shape index (κ1) is 21.5. The quantitative estimate of drug-likeness (QED) is 0.322. The summed E-state index contributed by atoms with van der Waals surface area (Å²) in [5.41, 5.74) is 4.17. The third-order valence-electron chi connectivity index (χ3n) is 5.63. The molecule has 0 spiro atoms. The summed E-state index contributed by atoms with van der Waals surface area (Å²) in [4.78, 5) is 23.8. The highest BCUT2D eigenvalue weighted by Crippen LogP contribution is 2.32. The molecule has 0 aliphatic carbocycles. The predicted molar refractivity (Wildman–Crippen MR) is 131 cm³/mol. The lowest BCUT2D eigenvalue weighted by molar-refractivity contribution is 0.0691. The maximum Gasteiger partial charge on any atom is 0.352 e. The van der Waals surface area contributed by atoms with E-state index >= 15 is 0 Å². The molecule has 170 valence electrons. The molecule has 3 heterocycles. The molecule has 5 aromatic rings. The lowest BCUT2D eigenvalue weighted by Crippen LogP contribution is -2.03. The van der Waals surface area contributed by atoms with E-state index in [1.54, 1.807) is 18.5 Å². The van der Waals surface area contributed by atoms with Crippen LogP contribution in [-0.2, 0) is 6.42 Å². The van der Waals surface area contributed by atoms with Crippen LogP contribution in [-0.4, -0.2) is 39.2 Å². The molecule has 0 bridgehead atoms. The second kappa shape index (κ2) is 9.23. The van der Waals surface area contributed by atoms with Crippen LogP contribution < -0.4 is 9.47 Å². The van der Waals surface area contributed by atoms with Gasteiger partial charge in [-0.1, -0.05) is 18.2 Å². The number of fused-ring (bicyclic) bond motifs is 2. The Balaban J connectivity index is 1.46.